The Morgan fingerprint density at radius 3 is 2.25 bits per heavy atom. The van der Waals surface area contributed by atoms with Crippen LogP contribution in [0.15, 0.2) is 0 Å². The van der Waals surface area contributed by atoms with E-state index < -0.39 is 5.97 Å². The van der Waals surface area contributed by atoms with Gasteiger partial charge in [0, 0.05) is 19.0 Å². The predicted molar refractivity (Wildman–Crippen MR) is 84.2 cm³/mol. The zero-order valence-corrected chi connectivity index (χ0v) is 14.0. The van der Waals surface area contributed by atoms with Crippen molar-refractivity contribution in [3.63, 3.8) is 0 Å². The van der Waals surface area contributed by atoms with Crippen molar-refractivity contribution in [2.24, 2.45) is 0 Å². The minimum absolute atomic E-state index is 0.257. The van der Waals surface area contributed by atoms with Crippen molar-refractivity contribution in [2.75, 3.05) is 39.1 Å². The standard InChI is InChI=1S/C14H25N3O2S/c1-14(2,3)11-10(12(18)19)20-13(15-11)17(6)9-7-8-16(4)5/h7-9H2,1-6H3,(H,18,19). The van der Waals surface area contributed by atoms with Crippen LogP contribution in [0.1, 0.15) is 42.6 Å². The van der Waals surface area contributed by atoms with Gasteiger partial charge in [-0.3, -0.25) is 0 Å². The molecule has 0 amide bonds. The highest BCUT2D eigenvalue weighted by Gasteiger charge is 2.27. The second kappa shape index (κ2) is 6.54. The predicted octanol–water partition coefficient (Wildman–Crippen LogP) is 2.53. The molecule has 1 rings (SSSR count). The number of hydrogen-bond donors (Lipinski definition) is 1. The van der Waals surface area contributed by atoms with Crippen molar-refractivity contribution in [3.05, 3.63) is 10.6 Å². The fourth-order valence-corrected chi connectivity index (χ4v) is 2.95. The van der Waals surface area contributed by atoms with Gasteiger partial charge in [0.1, 0.15) is 4.88 Å². The molecule has 0 aliphatic carbocycles. The summed E-state index contributed by atoms with van der Waals surface area (Å²) >= 11 is 1.26. The molecule has 0 aliphatic heterocycles. The molecule has 5 nitrogen and oxygen atoms in total. The molecule has 1 heterocycles. The van der Waals surface area contributed by atoms with Crippen LogP contribution in [0.5, 0.6) is 0 Å². The van der Waals surface area contributed by atoms with Crippen LogP contribution in [0.4, 0.5) is 5.13 Å². The summed E-state index contributed by atoms with van der Waals surface area (Å²) in [5, 5.41) is 10.1. The lowest BCUT2D eigenvalue weighted by Crippen LogP contribution is -2.23. The summed E-state index contributed by atoms with van der Waals surface area (Å²) in [7, 11) is 6.06. The van der Waals surface area contributed by atoms with E-state index in [9.17, 15) is 9.90 Å². The smallest absolute Gasteiger partial charge is 0.347 e. The molecule has 0 aliphatic rings. The van der Waals surface area contributed by atoms with Gasteiger partial charge >= 0.3 is 5.97 Å². The molecule has 0 bridgehead atoms. The van der Waals surface area contributed by atoms with Gasteiger partial charge < -0.3 is 14.9 Å². The van der Waals surface area contributed by atoms with Gasteiger partial charge in [-0.2, -0.15) is 0 Å². The Balaban J connectivity index is 2.88. The molecule has 1 N–H and O–H groups in total. The zero-order valence-electron chi connectivity index (χ0n) is 13.2. The lowest BCUT2D eigenvalue weighted by molar-refractivity contribution is 0.0699. The van der Waals surface area contributed by atoms with E-state index in [1.54, 1.807) is 0 Å². The van der Waals surface area contributed by atoms with E-state index in [0.29, 0.717) is 10.6 Å². The maximum Gasteiger partial charge on any atom is 0.347 e. The molecule has 1 aromatic rings. The fourth-order valence-electron chi connectivity index (χ4n) is 1.85. The highest BCUT2D eigenvalue weighted by molar-refractivity contribution is 7.17. The first-order valence-electron chi connectivity index (χ1n) is 6.73. The van der Waals surface area contributed by atoms with Crippen LogP contribution in [0.2, 0.25) is 0 Å². The molecule has 0 atom stereocenters. The Morgan fingerprint density at radius 2 is 1.85 bits per heavy atom. The number of aromatic nitrogens is 1. The second-order valence-corrected chi connectivity index (χ2v) is 7.29. The average molecular weight is 299 g/mol. The summed E-state index contributed by atoms with van der Waals surface area (Å²) in [5.74, 6) is -0.889. The summed E-state index contributed by atoms with van der Waals surface area (Å²) < 4.78 is 0. The Labute approximate surface area is 125 Å². The number of aromatic carboxylic acids is 1. The molecule has 0 spiro atoms. The van der Waals surface area contributed by atoms with E-state index in [1.165, 1.54) is 11.3 Å². The van der Waals surface area contributed by atoms with Crippen LogP contribution in [0, 0.1) is 0 Å². The van der Waals surface area contributed by atoms with E-state index in [4.69, 9.17) is 0 Å². The molecule has 1 aromatic heterocycles. The molecule has 0 saturated heterocycles. The summed E-state index contributed by atoms with van der Waals surface area (Å²) in [4.78, 5) is 20.4. The van der Waals surface area contributed by atoms with Crippen LogP contribution in [0.25, 0.3) is 0 Å². The Hall–Kier alpha value is -1.14. The summed E-state index contributed by atoms with van der Waals surface area (Å²) in [6.45, 7) is 7.85. The molecular formula is C14H25N3O2S. The van der Waals surface area contributed by atoms with Gasteiger partial charge in [-0.25, -0.2) is 9.78 Å². The Morgan fingerprint density at radius 1 is 1.25 bits per heavy atom. The first-order chi connectivity index (χ1) is 9.12. The fraction of sp³-hybridized carbons (Fsp3) is 0.714. The molecule has 114 valence electrons. The first-order valence-corrected chi connectivity index (χ1v) is 7.55. The summed E-state index contributed by atoms with van der Waals surface area (Å²) in [6, 6.07) is 0. The van der Waals surface area contributed by atoms with Gasteiger partial charge in [0.15, 0.2) is 5.13 Å². The van der Waals surface area contributed by atoms with E-state index in [1.807, 2.05) is 46.8 Å². The van der Waals surface area contributed by atoms with Crippen molar-refractivity contribution in [1.82, 2.24) is 9.88 Å². The monoisotopic (exact) mass is 299 g/mol. The van der Waals surface area contributed by atoms with Gasteiger partial charge in [-0.1, -0.05) is 32.1 Å². The van der Waals surface area contributed by atoms with Crippen LogP contribution >= 0.6 is 11.3 Å². The van der Waals surface area contributed by atoms with E-state index in [2.05, 4.69) is 9.88 Å². The van der Waals surface area contributed by atoms with Crippen molar-refractivity contribution in [1.29, 1.82) is 0 Å². The van der Waals surface area contributed by atoms with Crippen LogP contribution in [0.3, 0.4) is 0 Å². The summed E-state index contributed by atoms with van der Waals surface area (Å²) in [6.07, 6.45) is 1.02. The topological polar surface area (TPSA) is 56.7 Å². The van der Waals surface area contributed by atoms with Gasteiger partial charge in [-0.15, -0.1) is 0 Å². The maximum absolute atomic E-state index is 11.4. The first kappa shape index (κ1) is 16.9. The highest BCUT2D eigenvalue weighted by atomic mass is 32.1. The van der Waals surface area contributed by atoms with Crippen molar-refractivity contribution >= 4 is 22.4 Å². The molecule has 0 saturated carbocycles. The molecular weight excluding hydrogens is 274 g/mol. The van der Waals surface area contributed by atoms with Crippen LogP contribution < -0.4 is 4.90 Å². The van der Waals surface area contributed by atoms with Crippen molar-refractivity contribution in [3.8, 4) is 0 Å². The maximum atomic E-state index is 11.4. The highest BCUT2D eigenvalue weighted by Crippen LogP contribution is 2.33. The summed E-state index contributed by atoms with van der Waals surface area (Å²) in [5.41, 5.74) is 0.414. The van der Waals surface area contributed by atoms with Crippen molar-refractivity contribution < 1.29 is 9.90 Å². The lowest BCUT2D eigenvalue weighted by atomic mass is 9.91. The molecule has 20 heavy (non-hydrogen) atoms. The lowest BCUT2D eigenvalue weighted by Gasteiger charge is -2.18. The van der Waals surface area contributed by atoms with E-state index >= 15 is 0 Å². The minimum Gasteiger partial charge on any atom is -0.477 e. The zero-order chi connectivity index (χ0) is 15.5. The number of anilines is 1. The van der Waals surface area contributed by atoms with E-state index in [-0.39, 0.29) is 5.41 Å². The normalized spacial score (nSPS) is 11.9. The SMILES string of the molecule is CN(C)CCCN(C)c1nc(C(C)(C)C)c(C(=O)O)s1. The Bertz CT molecular complexity index is 463. The second-order valence-electron chi connectivity index (χ2n) is 6.31. The third kappa shape index (κ3) is 4.45. The molecule has 6 heteroatoms. The van der Waals surface area contributed by atoms with Gasteiger partial charge in [0.05, 0.1) is 5.69 Å². The number of hydrogen-bond acceptors (Lipinski definition) is 5. The number of nitrogens with zero attached hydrogens (tertiary/aromatic N) is 3. The van der Waals surface area contributed by atoms with Crippen molar-refractivity contribution in [2.45, 2.75) is 32.6 Å². The average Bonchev–Trinajstić information content (AvgIpc) is 2.72. The largest absolute Gasteiger partial charge is 0.477 e. The number of thiazole rings is 1. The molecule has 0 fully saturated rings. The van der Waals surface area contributed by atoms with Gasteiger partial charge in [0.25, 0.3) is 0 Å². The Kier molecular flexibility index (Phi) is 5.53. The minimum atomic E-state index is -0.889. The molecule has 0 aromatic carbocycles. The molecule has 0 unspecified atom stereocenters. The number of rotatable bonds is 6. The number of carboxylic acids is 1. The molecule has 0 radical (unpaired) electrons. The van der Waals surface area contributed by atoms with Gasteiger partial charge in [-0.05, 0) is 27.1 Å². The van der Waals surface area contributed by atoms with Crippen LogP contribution in [-0.4, -0.2) is 55.2 Å². The van der Waals surface area contributed by atoms with Crippen LogP contribution in [-0.2, 0) is 5.41 Å². The van der Waals surface area contributed by atoms with E-state index in [0.717, 1.165) is 24.6 Å². The third-order valence-corrected chi connectivity index (χ3v) is 4.10. The quantitative estimate of drug-likeness (QED) is 0.875. The van der Waals surface area contributed by atoms with Gasteiger partial charge in [0.2, 0.25) is 0 Å². The third-order valence-electron chi connectivity index (χ3n) is 2.95. The number of carbonyl (C=O) groups is 1. The number of carboxylic acid groups (broad SMARTS) is 1.